The zero-order valence-electron chi connectivity index (χ0n) is 9.87. The molecule has 0 spiro atoms. The molecule has 0 bridgehead atoms. The summed E-state index contributed by atoms with van der Waals surface area (Å²) in [5, 5.41) is 12.0. The molecule has 1 aromatic heterocycles. The third kappa shape index (κ3) is 2.42. The average molecular weight is 233 g/mol. The van der Waals surface area contributed by atoms with Crippen molar-refractivity contribution < 1.29 is 4.74 Å². The van der Waals surface area contributed by atoms with Crippen molar-refractivity contribution in [3.8, 4) is 5.75 Å². The zero-order chi connectivity index (χ0) is 12.3. The fraction of sp³-hybridized carbons (Fsp3) is 0.364. The average Bonchev–Trinajstić information content (AvgIpc) is 2.78. The molecule has 1 unspecified atom stereocenters. The number of benzene rings is 1. The van der Waals surface area contributed by atoms with Gasteiger partial charge >= 0.3 is 0 Å². The maximum atomic E-state index is 5.77. The van der Waals surface area contributed by atoms with Gasteiger partial charge in [0.15, 0.2) is 5.82 Å². The number of ether oxygens (including phenoxy) is 1. The van der Waals surface area contributed by atoms with E-state index in [1.54, 1.807) is 14.2 Å². The van der Waals surface area contributed by atoms with Crippen molar-refractivity contribution in [2.75, 3.05) is 13.7 Å². The Labute approximate surface area is 99.4 Å². The summed E-state index contributed by atoms with van der Waals surface area (Å²) in [5.41, 5.74) is 6.83. The predicted molar refractivity (Wildman–Crippen MR) is 62.7 cm³/mol. The summed E-state index contributed by atoms with van der Waals surface area (Å²) in [4.78, 5) is 1.43. The first-order valence-corrected chi connectivity index (χ1v) is 5.32. The van der Waals surface area contributed by atoms with Gasteiger partial charge < -0.3 is 10.5 Å². The lowest BCUT2D eigenvalue weighted by molar-refractivity contribution is 0.414. The van der Waals surface area contributed by atoms with Gasteiger partial charge in [0, 0.05) is 6.54 Å². The van der Waals surface area contributed by atoms with Crippen molar-refractivity contribution in [1.29, 1.82) is 0 Å². The molecule has 0 fully saturated rings. The molecule has 0 aliphatic heterocycles. The smallest absolute Gasteiger partial charge is 0.183 e. The number of hydrogen-bond donors (Lipinski definition) is 1. The molecule has 6 nitrogen and oxygen atoms in total. The Kier molecular flexibility index (Phi) is 3.34. The van der Waals surface area contributed by atoms with Crippen LogP contribution in [0.4, 0.5) is 0 Å². The largest absolute Gasteiger partial charge is 0.497 e. The van der Waals surface area contributed by atoms with Crippen LogP contribution in [0, 0.1) is 0 Å². The first-order chi connectivity index (χ1) is 8.24. The van der Waals surface area contributed by atoms with Crippen molar-refractivity contribution >= 4 is 0 Å². The molecule has 0 amide bonds. The Morgan fingerprint density at radius 3 is 2.53 bits per heavy atom. The number of rotatable bonds is 4. The van der Waals surface area contributed by atoms with Crippen LogP contribution in [0.3, 0.4) is 0 Å². The molecular formula is C11H15N5O. The number of tetrazole rings is 1. The van der Waals surface area contributed by atoms with E-state index < -0.39 is 0 Å². The van der Waals surface area contributed by atoms with E-state index in [0.29, 0.717) is 12.4 Å². The van der Waals surface area contributed by atoms with Crippen LogP contribution in [-0.4, -0.2) is 33.9 Å². The van der Waals surface area contributed by atoms with Gasteiger partial charge in [0.1, 0.15) is 5.75 Å². The monoisotopic (exact) mass is 233 g/mol. The molecule has 2 N–H and O–H groups in total. The topological polar surface area (TPSA) is 78.9 Å². The number of hydrogen-bond acceptors (Lipinski definition) is 5. The molecule has 2 aromatic rings. The quantitative estimate of drug-likeness (QED) is 0.822. The minimum atomic E-state index is -0.0328. The Bertz CT molecular complexity index is 479. The van der Waals surface area contributed by atoms with Crippen LogP contribution < -0.4 is 10.5 Å². The van der Waals surface area contributed by atoms with Crippen LogP contribution in [0.5, 0.6) is 5.75 Å². The normalized spacial score (nSPS) is 12.4. The molecule has 0 aliphatic carbocycles. The molecule has 17 heavy (non-hydrogen) atoms. The second-order valence-electron chi connectivity index (χ2n) is 3.70. The molecular weight excluding hydrogens is 218 g/mol. The SMILES string of the molecule is COc1ccc(C(CN)c2nnn(C)n2)cc1. The lowest BCUT2D eigenvalue weighted by Gasteiger charge is -2.11. The van der Waals surface area contributed by atoms with Crippen LogP contribution in [0.25, 0.3) is 0 Å². The van der Waals surface area contributed by atoms with Gasteiger partial charge in [-0.3, -0.25) is 0 Å². The number of nitrogens with zero attached hydrogens (tertiary/aromatic N) is 4. The first-order valence-electron chi connectivity index (χ1n) is 5.32. The lowest BCUT2D eigenvalue weighted by Crippen LogP contribution is -2.15. The lowest BCUT2D eigenvalue weighted by atomic mass is 9.98. The fourth-order valence-electron chi connectivity index (χ4n) is 1.66. The number of aryl methyl sites for hydroxylation is 1. The maximum Gasteiger partial charge on any atom is 0.183 e. The molecule has 0 radical (unpaired) electrons. The summed E-state index contributed by atoms with van der Waals surface area (Å²) in [5.74, 6) is 1.42. The van der Waals surface area contributed by atoms with E-state index in [-0.39, 0.29) is 5.92 Å². The molecule has 1 atom stereocenters. The van der Waals surface area contributed by atoms with Crippen LogP contribution in [-0.2, 0) is 7.05 Å². The Morgan fingerprint density at radius 1 is 1.35 bits per heavy atom. The van der Waals surface area contributed by atoms with E-state index in [4.69, 9.17) is 10.5 Å². The minimum Gasteiger partial charge on any atom is -0.497 e. The highest BCUT2D eigenvalue weighted by atomic mass is 16.5. The van der Waals surface area contributed by atoms with Crippen molar-refractivity contribution in [3.63, 3.8) is 0 Å². The van der Waals surface area contributed by atoms with E-state index in [1.165, 1.54) is 4.80 Å². The highest BCUT2D eigenvalue weighted by Crippen LogP contribution is 2.22. The molecule has 6 heteroatoms. The third-order valence-corrected chi connectivity index (χ3v) is 2.59. The van der Waals surface area contributed by atoms with Crippen molar-refractivity contribution in [3.05, 3.63) is 35.7 Å². The van der Waals surface area contributed by atoms with E-state index in [1.807, 2.05) is 24.3 Å². The van der Waals surface area contributed by atoms with Gasteiger partial charge in [0.25, 0.3) is 0 Å². The molecule has 0 saturated heterocycles. The molecule has 0 aliphatic rings. The van der Waals surface area contributed by atoms with Gasteiger partial charge in [-0.15, -0.1) is 10.2 Å². The van der Waals surface area contributed by atoms with Crippen molar-refractivity contribution in [2.45, 2.75) is 5.92 Å². The number of aromatic nitrogens is 4. The Morgan fingerprint density at radius 2 is 2.06 bits per heavy atom. The van der Waals surface area contributed by atoms with Crippen molar-refractivity contribution in [2.24, 2.45) is 12.8 Å². The van der Waals surface area contributed by atoms with E-state index in [9.17, 15) is 0 Å². The molecule has 1 aromatic carbocycles. The van der Waals surface area contributed by atoms with Gasteiger partial charge in [-0.1, -0.05) is 12.1 Å². The van der Waals surface area contributed by atoms with Crippen LogP contribution in [0.2, 0.25) is 0 Å². The fourth-order valence-corrected chi connectivity index (χ4v) is 1.66. The molecule has 2 rings (SSSR count). The third-order valence-electron chi connectivity index (χ3n) is 2.59. The summed E-state index contributed by atoms with van der Waals surface area (Å²) in [6, 6.07) is 7.72. The second-order valence-corrected chi connectivity index (χ2v) is 3.70. The van der Waals surface area contributed by atoms with Gasteiger partial charge in [0.2, 0.25) is 0 Å². The zero-order valence-corrected chi connectivity index (χ0v) is 9.87. The standard InChI is InChI=1S/C11H15N5O/c1-16-14-11(13-15-16)10(7-12)8-3-5-9(17-2)6-4-8/h3-6,10H,7,12H2,1-2H3. The second kappa shape index (κ2) is 4.92. The van der Waals surface area contributed by atoms with Crippen molar-refractivity contribution in [1.82, 2.24) is 20.2 Å². The first kappa shape index (κ1) is 11.5. The summed E-state index contributed by atoms with van der Waals surface area (Å²) >= 11 is 0. The Hall–Kier alpha value is -1.95. The highest BCUT2D eigenvalue weighted by molar-refractivity contribution is 5.32. The molecule has 90 valence electrons. The summed E-state index contributed by atoms with van der Waals surface area (Å²) < 4.78 is 5.11. The number of methoxy groups -OCH3 is 1. The van der Waals surface area contributed by atoms with E-state index >= 15 is 0 Å². The molecule has 1 heterocycles. The highest BCUT2D eigenvalue weighted by Gasteiger charge is 2.17. The maximum absolute atomic E-state index is 5.77. The van der Waals surface area contributed by atoms with Gasteiger partial charge in [-0.05, 0) is 22.9 Å². The van der Waals surface area contributed by atoms with Gasteiger partial charge in [-0.25, -0.2) is 0 Å². The molecule has 0 saturated carbocycles. The Balaban J connectivity index is 2.28. The van der Waals surface area contributed by atoms with Gasteiger partial charge in [0.05, 0.1) is 20.1 Å². The van der Waals surface area contributed by atoms with Crippen LogP contribution in [0.15, 0.2) is 24.3 Å². The predicted octanol–water partition coefficient (Wildman–Crippen LogP) is 0.309. The summed E-state index contributed by atoms with van der Waals surface area (Å²) in [6.45, 7) is 0.442. The minimum absolute atomic E-state index is 0.0328. The van der Waals surface area contributed by atoms with E-state index in [0.717, 1.165) is 11.3 Å². The van der Waals surface area contributed by atoms with Gasteiger partial charge in [-0.2, -0.15) is 4.80 Å². The number of nitrogens with two attached hydrogens (primary N) is 1. The van der Waals surface area contributed by atoms with E-state index in [2.05, 4.69) is 15.4 Å². The summed E-state index contributed by atoms with van der Waals surface area (Å²) in [7, 11) is 3.37. The summed E-state index contributed by atoms with van der Waals surface area (Å²) in [6.07, 6.45) is 0. The van der Waals surface area contributed by atoms with Crippen LogP contribution >= 0.6 is 0 Å². The van der Waals surface area contributed by atoms with Crippen LogP contribution in [0.1, 0.15) is 17.3 Å².